The van der Waals surface area contributed by atoms with Crippen LogP contribution in [0.4, 0.5) is 17.1 Å². The monoisotopic (exact) mass is 409 g/mol. The predicted octanol–water partition coefficient (Wildman–Crippen LogP) is 6.48. The van der Waals surface area contributed by atoms with Crippen LogP contribution in [0.3, 0.4) is 0 Å². The summed E-state index contributed by atoms with van der Waals surface area (Å²) in [5, 5.41) is 14.7. The van der Waals surface area contributed by atoms with Gasteiger partial charge in [0.15, 0.2) is 0 Å². The number of non-ortho nitro benzene ring substituents is 1. The van der Waals surface area contributed by atoms with Gasteiger partial charge in [-0.3, -0.25) is 15.1 Å². The van der Waals surface area contributed by atoms with Crippen molar-refractivity contribution in [1.82, 2.24) is 0 Å². The summed E-state index contributed by atoms with van der Waals surface area (Å²) in [6.45, 7) is 2.15. The molecule has 0 unspecified atom stereocenters. The topological polar surface area (TPSA) is 67.5 Å². The number of nitrogens with one attached hydrogen (secondary N) is 1. The van der Waals surface area contributed by atoms with Crippen LogP contribution in [0.5, 0.6) is 0 Å². The smallest absolute Gasteiger partial charge is 0.270 e. The van der Waals surface area contributed by atoms with Gasteiger partial charge in [-0.05, 0) is 54.2 Å². The van der Waals surface area contributed by atoms with Gasteiger partial charge in [-0.2, -0.15) is 0 Å². The summed E-state index contributed by atoms with van der Waals surface area (Å²) in [5.74, 6) is 0.959. The van der Waals surface area contributed by atoms with Crippen LogP contribution in [0.25, 0.3) is 0 Å². The van der Waals surface area contributed by atoms with E-state index < -0.39 is 4.92 Å². The zero-order valence-corrected chi connectivity index (χ0v) is 17.2. The number of hydrogen-bond donors (Lipinski definition) is 1. The van der Waals surface area contributed by atoms with Gasteiger partial charge in [-0.25, -0.2) is 0 Å². The van der Waals surface area contributed by atoms with E-state index in [2.05, 4.69) is 59.7 Å². The van der Waals surface area contributed by atoms with Crippen molar-refractivity contribution in [2.24, 2.45) is 10.9 Å². The summed E-state index contributed by atoms with van der Waals surface area (Å²) in [6, 6.07) is 21.7. The highest BCUT2D eigenvalue weighted by atomic mass is 16.6. The molecule has 0 saturated carbocycles. The molecule has 1 heterocycles. The molecule has 0 bridgehead atoms. The van der Waals surface area contributed by atoms with Gasteiger partial charge in [-0.15, -0.1) is 0 Å². The Morgan fingerprint density at radius 1 is 1.10 bits per heavy atom. The van der Waals surface area contributed by atoms with E-state index in [0.29, 0.717) is 17.4 Å². The van der Waals surface area contributed by atoms with Crippen molar-refractivity contribution < 1.29 is 4.92 Å². The fourth-order valence-corrected chi connectivity index (χ4v) is 4.68. The van der Waals surface area contributed by atoms with Gasteiger partial charge in [-0.1, -0.05) is 54.1 Å². The number of anilines is 1. The summed E-state index contributed by atoms with van der Waals surface area (Å²) in [4.78, 5) is 15.0. The van der Waals surface area contributed by atoms with Gasteiger partial charge in [0.2, 0.25) is 0 Å². The predicted molar refractivity (Wildman–Crippen MR) is 124 cm³/mol. The van der Waals surface area contributed by atoms with E-state index in [0.717, 1.165) is 12.1 Å². The molecule has 3 aromatic rings. The van der Waals surface area contributed by atoms with Crippen molar-refractivity contribution in [2.75, 3.05) is 5.32 Å². The highest BCUT2D eigenvalue weighted by Crippen LogP contribution is 2.50. The lowest BCUT2D eigenvalue weighted by Gasteiger charge is -2.37. The van der Waals surface area contributed by atoms with Crippen molar-refractivity contribution in [3.8, 4) is 0 Å². The lowest BCUT2D eigenvalue weighted by molar-refractivity contribution is -0.384. The molecule has 1 aliphatic carbocycles. The highest BCUT2D eigenvalue weighted by molar-refractivity contribution is 5.82. The molecular formula is C26H23N3O2. The molecule has 5 rings (SSSR count). The van der Waals surface area contributed by atoms with E-state index in [4.69, 9.17) is 0 Å². The first-order valence-corrected chi connectivity index (χ1v) is 10.5. The number of aliphatic imine (C=N–C) groups is 1. The number of nitro groups is 1. The van der Waals surface area contributed by atoms with Gasteiger partial charge >= 0.3 is 0 Å². The number of rotatable bonds is 4. The lowest BCUT2D eigenvalue weighted by Crippen LogP contribution is -2.29. The molecule has 154 valence electrons. The SMILES string of the molecule is Cc1ccc2c(c1)[C@@H]1C=CC[C@H]1[C@@H](c1ccc(N=Cc3cccc([N+](=O)[O-])c3)cc1)N2. The molecule has 1 aliphatic heterocycles. The summed E-state index contributed by atoms with van der Waals surface area (Å²) in [6.07, 6.45) is 7.40. The summed E-state index contributed by atoms with van der Waals surface area (Å²) in [7, 11) is 0. The molecule has 0 amide bonds. The van der Waals surface area contributed by atoms with E-state index in [9.17, 15) is 10.1 Å². The Morgan fingerprint density at radius 3 is 2.74 bits per heavy atom. The molecule has 5 nitrogen and oxygen atoms in total. The van der Waals surface area contributed by atoms with Crippen LogP contribution in [-0.4, -0.2) is 11.1 Å². The molecule has 1 N–H and O–H groups in total. The third-order valence-corrected chi connectivity index (χ3v) is 6.21. The second-order valence-electron chi connectivity index (χ2n) is 8.27. The van der Waals surface area contributed by atoms with E-state index in [1.165, 1.54) is 34.5 Å². The number of allylic oxidation sites excluding steroid dienone is 2. The van der Waals surface area contributed by atoms with Crippen LogP contribution in [-0.2, 0) is 0 Å². The van der Waals surface area contributed by atoms with Crippen LogP contribution in [0.15, 0.2) is 83.9 Å². The molecular weight excluding hydrogens is 386 g/mol. The Balaban J connectivity index is 1.37. The summed E-state index contributed by atoms with van der Waals surface area (Å²) in [5.41, 5.74) is 6.76. The first-order chi connectivity index (χ1) is 15.1. The average molecular weight is 409 g/mol. The maximum absolute atomic E-state index is 10.9. The second-order valence-corrected chi connectivity index (χ2v) is 8.27. The molecule has 5 heteroatoms. The number of nitro benzene ring substituents is 1. The van der Waals surface area contributed by atoms with E-state index in [1.807, 2.05) is 18.2 Å². The van der Waals surface area contributed by atoms with Crippen molar-refractivity contribution in [3.05, 3.63) is 111 Å². The van der Waals surface area contributed by atoms with Crippen LogP contribution < -0.4 is 5.32 Å². The van der Waals surface area contributed by atoms with Gasteiger partial charge in [0.05, 0.1) is 16.7 Å². The molecule has 3 atom stereocenters. The van der Waals surface area contributed by atoms with Crippen LogP contribution in [0.2, 0.25) is 0 Å². The molecule has 0 fully saturated rings. The largest absolute Gasteiger partial charge is 0.378 e. The second kappa shape index (κ2) is 7.84. The zero-order chi connectivity index (χ0) is 21.4. The Morgan fingerprint density at radius 2 is 1.94 bits per heavy atom. The molecule has 0 aromatic heterocycles. The number of fused-ring (bicyclic) bond motifs is 3. The van der Waals surface area contributed by atoms with Crippen molar-refractivity contribution in [3.63, 3.8) is 0 Å². The average Bonchev–Trinajstić information content (AvgIpc) is 3.28. The Kier molecular flexibility index (Phi) is 4.86. The standard InChI is InChI=1S/C26H23N3O2/c1-17-8-13-25-24(14-17)22-6-3-7-23(22)26(28-25)19-9-11-20(12-10-19)27-16-18-4-2-5-21(15-18)29(30)31/h2-6,8-16,22-23,26,28H,7H2,1H3/t22-,23-,26-/m1/s1. The number of aryl methyl sites for hydroxylation is 1. The Hall–Kier alpha value is -3.73. The van der Waals surface area contributed by atoms with E-state index in [-0.39, 0.29) is 11.7 Å². The van der Waals surface area contributed by atoms with Crippen molar-refractivity contribution >= 4 is 23.3 Å². The van der Waals surface area contributed by atoms with Crippen molar-refractivity contribution in [1.29, 1.82) is 0 Å². The number of hydrogen-bond acceptors (Lipinski definition) is 4. The Labute approximate surface area is 181 Å². The Bertz CT molecular complexity index is 1200. The quantitative estimate of drug-likeness (QED) is 0.232. The first kappa shape index (κ1) is 19.2. The minimum Gasteiger partial charge on any atom is -0.378 e. The van der Waals surface area contributed by atoms with Gasteiger partial charge in [0.1, 0.15) is 0 Å². The highest BCUT2D eigenvalue weighted by Gasteiger charge is 2.37. The minimum atomic E-state index is -0.395. The van der Waals surface area contributed by atoms with E-state index in [1.54, 1.807) is 12.3 Å². The number of benzene rings is 3. The lowest BCUT2D eigenvalue weighted by atomic mass is 9.76. The molecule has 0 spiro atoms. The zero-order valence-electron chi connectivity index (χ0n) is 17.2. The third kappa shape index (κ3) is 3.75. The maximum atomic E-state index is 10.9. The minimum absolute atomic E-state index is 0.0675. The third-order valence-electron chi connectivity index (χ3n) is 6.21. The molecule has 3 aromatic carbocycles. The molecule has 2 aliphatic rings. The van der Waals surface area contributed by atoms with Crippen molar-refractivity contribution in [2.45, 2.75) is 25.3 Å². The van der Waals surface area contributed by atoms with Gasteiger partial charge < -0.3 is 5.32 Å². The summed E-state index contributed by atoms with van der Waals surface area (Å²) < 4.78 is 0. The number of nitrogens with zero attached hydrogens (tertiary/aromatic N) is 2. The molecule has 0 radical (unpaired) electrons. The molecule has 0 saturated heterocycles. The van der Waals surface area contributed by atoms with Crippen LogP contribution in [0, 0.1) is 23.0 Å². The fraction of sp³-hybridized carbons (Fsp3) is 0.192. The van der Waals surface area contributed by atoms with Crippen LogP contribution >= 0.6 is 0 Å². The van der Waals surface area contributed by atoms with E-state index >= 15 is 0 Å². The maximum Gasteiger partial charge on any atom is 0.270 e. The van der Waals surface area contributed by atoms with Gasteiger partial charge in [0.25, 0.3) is 5.69 Å². The molecule has 31 heavy (non-hydrogen) atoms. The van der Waals surface area contributed by atoms with Crippen LogP contribution in [0.1, 0.15) is 40.6 Å². The fourth-order valence-electron chi connectivity index (χ4n) is 4.68. The normalized spacial score (nSPS) is 21.5. The summed E-state index contributed by atoms with van der Waals surface area (Å²) >= 11 is 0. The van der Waals surface area contributed by atoms with Gasteiger partial charge in [0, 0.05) is 30.0 Å². The first-order valence-electron chi connectivity index (χ1n) is 10.5.